The first kappa shape index (κ1) is 41.0. The molecule has 4 nitrogen and oxygen atoms in total. The van der Waals surface area contributed by atoms with Crippen LogP contribution < -0.4 is 0 Å². The fourth-order valence-electron chi connectivity index (χ4n) is 4.90. The highest BCUT2D eigenvalue weighted by molar-refractivity contribution is 5.69. The van der Waals surface area contributed by atoms with Gasteiger partial charge in [0.25, 0.3) is 11.2 Å². The molecule has 2 rings (SSSR count). The Morgan fingerprint density at radius 3 is 1.44 bits per heavy atom. The lowest BCUT2D eigenvalue weighted by Crippen LogP contribution is -2.57. The van der Waals surface area contributed by atoms with Gasteiger partial charge in [0.05, 0.1) is 0 Å². The maximum Gasteiger partial charge on any atom is 0.430 e. The zero-order valence-electron chi connectivity index (χ0n) is 25.1. The molecule has 0 saturated heterocycles. The molecule has 0 aliphatic rings. The van der Waals surface area contributed by atoms with Crippen molar-refractivity contribution < 1.29 is 86.3 Å². The van der Waals surface area contributed by atoms with E-state index in [0.29, 0.717) is 6.07 Å². The van der Waals surface area contributed by atoms with Crippen molar-refractivity contribution in [3.05, 3.63) is 69.8 Å². The highest BCUT2D eigenvalue weighted by atomic mass is 19.4. The average molecular weight is 725 g/mol. The number of halogens is 15. The lowest BCUT2D eigenvalue weighted by molar-refractivity contribution is -0.376. The second-order valence-corrected chi connectivity index (χ2v) is 11.9. The minimum atomic E-state index is -6.49. The van der Waals surface area contributed by atoms with E-state index in [2.05, 4.69) is 0 Å². The first-order chi connectivity index (χ1) is 21.0. The van der Waals surface area contributed by atoms with E-state index in [1.807, 2.05) is 0 Å². The van der Waals surface area contributed by atoms with Crippen LogP contribution in [0.5, 0.6) is 5.75 Å². The van der Waals surface area contributed by atoms with E-state index in [9.17, 15) is 86.3 Å². The highest BCUT2D eigenvalue weighted by Gasteiger charge is 2.73. The van der Waals surface area contributed by atoms with E-state index in [-0.39, 0.29) is 30.2 Å². The third kappa shape index (κ3) is 7.08. The van der Waals surface area contributed by atoms with Crippen LogP contribution in [0.3, 0.4) is 0 Å². The first-order valence-electron chi connectivity index (χ1n) is 13.2. The fraction of sp³-hybridized carbons (Fsp3) is 0.517. The number of hydrogen-bond donors (Lipinski definition) is 4. The Balaban J connectivity index is 2.90. The molecule has 2 aromatic carbocycles. The lowest BCUT2D eigenvalue weighted by Gasteiger charge is -2.36. The quantitative estimate of drug-likeness (QED) is 0.216. The summed E-state index contributed by atoms with van der Waals surface area (Å²) in [4.78, 5) is 0. The fourth-order valence-corrected chi connectivity index (χ4v) is 4.90. The average Bonchev–Trinajstić information content (AvgIpc) is 2.85. The standard InChI is InChI=1S/C29H27F15O4/c1-13-8-15(16(11-22(5,46)25(30,31)32)12-23(47,26(33,34)35)27(36,37)38)6-7-18(13)21(3,4)17-9-14(2)20(45)19(10-17)24(48,28(39,40)41)29(42,43)44/h6-11,45-48H,12H2,1-5H3/b16-11+. The largest absolute Gasteiger partial charge is 0.507 e. The number of phenols is 1. The van der Waals surface area contributed by atoms with Gasteiger partial charge in [-0.2, -0.15) is 65.9 Å². The van der Waals surface area contributed by atoms with Crippen LogP contribution in [-0.2, 0) is 11.0 Å². The Kier molecular flexibility index (Phi) is 10.2. The molecule has 4 N–H and O–H groups in total. The summed E-state index contributed by atoms with van der Waals surface area (Å²) in [7, 11) is 0. The Bertz CT molecular complexity index is 1510. The van der Waals surface area contributed by atoms with Crippen LogP contribution in [-0.4, -0.2) is 62.5 Å². The van der Waals surface area contributed by atoms with Crippen molar-refractivity contribution >= 4 is 5.57 Å². The molecule has 0 heterocycles. The van der Waals surface area contributed by atoms with Gasteiger partial charge < -0.3 is 20.4 Å². The molecule has 0 amide bonds. The molecular formula is C29H27F15O4. The third-order valence-electron chi connectivity index (χ3n) is 7.92. The van der Waals surface area contributed by atoms with Crippen LogP contribution in [0.25, 0.3) is 5.57 Å². The van der Waals surface area contributed by atoms with Crippen molar-refractivity contribution in [2.45, 2.75) is 94.1 Å². The number of aliphatic hydroxyl groups is 3. The van der Waals surface area contributed by atoms with Crippen molar-refractivity contribution in [3.8, 4) is 5.75 Å². The summed E-state index contributed by atoms with van der Waals surface area (Å²) in [6, 6.07) is 3.37. The van der Waals surface area contributed by atoms with Crippen molar-refractivity contribution in [1.29, 1.82) is 0 Å². The Labute approximate surface area is 262 Å². The van der Waals surface area contributed by atoms with Gasteiger partial charge in [-0.25, -0.2) is 0 Å². The van der Waals surface area contributed by atoms with Crippen LogP contribution in [0.15, 0.2) is 36.4 Å². The topological polar surface area (TPSA) is 80.9 Å². The molecule has 0 aliphatic carbocycles. The van der Waals surface area contributed by atoms with E-state index in [0.717, 1.165) is 32.0 Å². The van der Waals surface area contributed by atoms with Gasteiger partial charge in [0, 0.05) is 17.4 Å². The second-order valence-electron chi connectivity index (χ2n) is 11.9. The number of phenolic OH excluding ortho intramolecular Hbond substituents is 1. The van der Waals surface area contributed by atoms with Gasteiger partial charge in [0.2, 0.25) is 0 Å². The van der Waals surface area contributed by atoms with Crippen LogP contribution in [0.1, 0.15) is 60.6 Å². The molecule has 1 unspecified atom stereocenters. The normalized spacial score (nSPS) is 16.3. The molecule has 0 fully saturated rings. The molecule has 0 aliphatic heterocycles. The van der Waals surface area contributed by atoms with E-state index < -0.39 is 93.1 Å². The van der Waals surface area contributed by atoms with Gasteiger partial charge in [-0.3, -0.25) is 0 Å². The molecular weight excluding hydrogens is 697 g/mol. The van der Waals surface area contributed by atoms with Crippen molar-refractivity contribution in [3.63, 3.8) is 0 Å². The van der Waals surface area contributed by atoms with Gasteiger partial charge in [-0.1, -0.05) is 38.1 Å². The SMILES string of the molecule is Cc1cc(/C(=C/C(C)(O)C(F)(F)F)CC(O)(C(F)(F)F)C(F)(F)F)ccc1C(C)(C)c1cc(C)c(O)c(C(O)(C(F)(F)F)C(F)(F)F)c1. The summed E-state index contributed by atoms with van der Waals surface area (Å²) in [5.74, 6) is -1.58. The van der Waals surface area contributed by atoms with E-state index in [4.69, 9.17) is 0 Å². The van der Waals surface area contributed by atoms with Crippen molar-refractivity contribution in [1.82, 2.24) is 0 Å². The van der Waals surface area contributed by atoms with Gasteiger partial charge >= 0.3 is 30.9 Å². The van der Waals surface area contributed by atoms with E-state index in [1.54, 1.807) is 0 Å². The number of rotatable bonds is 7. The molecule has 48 heavy (non-hydrogen) atoms. The van der Waals surface area contributed by atoms with Crippen molar-refractivity contribution in [2.24, 2.45) is 0 Å². The molecule has 2 aromatic rings. The summed E-state index contributed by atoms with van der Waals surface area (Å²) in [5.41, 5.74) is -22.6. The van der Waals surface area contributed by atoms with Gasteiger partial charge in [0.1, 0.15) is 5.75 Å². The maximum atomic E-state index is 13.7. The minimum absolute atomic E-state index is 0.00535. The van der Waals surface area contributed by atoms with E-state index >= 15 is 0 Å². The molecule has 0 bridgehead atoms. The Morgan fingerprint density at radius 2 is 1.06 bits per heavy atom. The highest BCUT2D eigenvalue weighted by Crippen LogP contribution is 2.54. The molecule has 272 valence electrons. The number of alkyl halides is 15. The minimum Gasteiger partial charge on any atom is -0.507 e. The molecule has 0 saturated carbocycles. The predicted molar refractivity (Wildman–Crippen MR) is 138 cm³/mol. The lowest BCUT2D eigenvalue weighted by atomic mass is 9.73. The Morgan fingerprint density at radius 1 is 0.604 bits per heavy atom. The molecule has 0 radical (unpaired) electrons. The molecule has 0 spiro atoms. The van der Waals surface area contributed by atoms with E-state index in [1.165, 1.54) is 13.8 Å². The smallest absolute Gasteiger partial charge is 0.430 e. The van der Waals surface area contributed by atoms with Gasteiger partial charge in [-0.15, -0.1) is 0 Å². The number of benzene rings is 2. The number of aromatic hydroxyl groups is 1. The van der Waals surface area contributed by atoms with Crippen LogP contribution in [0, 0.1) is 13.8 Å². The molecule has 19 heteroatoms. The summed E-state index contributed by atoms with van der Waals surface area (Å²) >= 11 is 0. The van der Waals surface area contributed by atoms with Gasteiger partial charge in [-0.05, 0) is 66.3 Å². The van der Waals surface area contributed by atoms with Crippen LogP contribution in [0.2, 0.25) is 0 Å². The van der Waals surface area contributed by atoms with Gasteiger partial charge in [0.15, 0.2) is 5.60 Å². The van der Waals surface area contributed by atoms with Crippen LogP contribution >= 0.6 is 0 Å². The number of aryl methyl sites for hydroxylation is 2. The third-order valence-corrected chi connectivity index (χ3v) is 7.92. The summed E-state index contributed by atoms with van der Waals surface area (Å²) < 4.78 is 203. The molecule has 1 atom stereocenters. The Hall–Kier alpha value is -3.19. The second kappa shape index (κ2) is 12.0. The first-order valence-corrected chi connectivity index (χ1v) is 13.2. The monoisotopic (exact) mass is 724 g/mol. The van der Waals surface area contributed by atoms with Crippen molar-refractivity contribution in [2.75, 3.05) is 0 Å². The maximum absolute atomic E-state index is 13.7. The molecule has 0 aromatic heterocycles. The van der Waals surface area contributed by atoms with Crippen LogP contribution in [0.4, 0.5) is 65.9 Å². The predicted octanol–water partition coefficient (Wildman–Crippen LogP) is 8.59. The summed E-state index contributed by atoms with van der Waals surface area (Å²) in [6.07, 6.45) is -34.4. The number of hydrogen-bond acceptors (Lipinski definition) is 4. The zero-order valence-corrected chi connectivity index (χ0v) is 25.1. The summed E-state index contributed by atoms with van der Waals surface area (Å²) in [5, 5.41) is 39.7. The summed E-state index contributed by atoms with van der Waals surface area (Å²) in [6.45, 7) is 4.36. The zero-order chi connectivity index (χ0) is 38.1.